The van der Waals surface area contributed by atoms with Crippen LogP contribution in [0.5, 0.6) is 0 Å². The maximum absolute atomic E-state index is 15.8. The van der Waals surface area contributed by atoms with Crippen LogP contribution < -0.4 is 15.6 Å². The van der Waals surface area contributed by atoms with Crippen LogP contribution in [-0.4, -0.2) is 69.4 Å². The zero-order valence-electron chi connectivity index (χ0n) is 24.3. The van der Waals surface area contributed by atoms with Crippen molar-refractivity contribution in [3.63, 3.8) is 0 Å². The quantitative estimate of drug-likeness (QED) is 0.233. The first-order valence-electron chi connectivity index (χ1n) is 14.6. The van der Waals surface area contributed by atoms with Gasteiger partial charge in [0.1, 0.15) is 11.2 Å². The standard InChI is InChI=1S/C31H34ClFN8O2/c1-4-35-23(17-34-2)19-12-15-39(18-19)29-22(33)16-21-27(42)26(30(43)36-13-11-20-8-7-14-40(20)32)31-38(3)24-9-5-6-10-25(24)41(31)28(21)37-29/h4-6,9-10,16-17,19-20H,2,7-8,11-15,18H2,1,3H3,(H,36,43)/b23-17-,35-4?. The molecule has 4 aromatic rings. The van der Waals surface area contributed by atoms with Gasteiger partial charge in [-0.3, -0.25) is 24.0 Å². The molecule has 2 aliphatic heterocycles. The molecule has 1 aromatic carbocycles. The maximum Gasteiger partial charge on any atom is 0.259 e. The van der Waals surface area contributed by atoms with Crippen molar-refractivity contribution in [1.29, 1.82) is 0 Å². The summed E-state index contributed by atoms with van der Waals surface area (Å²) in [6.45, 7) is 7.60. The molecule has 3 aromatic heterocycles. The number of anilines is 1. The van der Waals surface area contributed by atoms with E-state index in [-0.39, 0.29) is 28.7 Å². The number of carbonyl (C=O) groups is 1. The molecule has 1 N–H and O–H groups in total. The van der Waals surface area contributed by atoms with Gasteiger partial charge in [-0.1, -0.05) is 12.1 Å². The molecule has 2 atom stereocenters. The van der Waals surface area contributed by atoms with E-state index in [1.807, 2.05) is 47.7 Å². The van der Waals surface area contributed by atoms with Crippen LogP contribution >= 0.6 is 11.8 Å². The average Bonchev–Trinajstić information content (AvgIpc) is 3.72. The molecule has 2 saturated heterocycles. The van der Waals surface area contributed by atoms with E-state index in [1.54, 1.807) is 21.2 Å². The molecule has 12 heteroatoms. The summed E-state index contributed by atoms with van der Waals surface area (Å²) in [6.07, 6.45) is 6.72. The van der Waals surface area contributed by atoms with E-state index in [2.05, 4.69) is 22.0 Å². The largest absolute Gasteiger partial charge is 0.353 e. The Kier molecular flexibility index (Phi) is 8.02. The summed E-state index contributed by atoms with van der Waals surface area (Å²) in [7, 11) is 1.81. The lowest BCUT2D eigenvalue weighted by Crippen LogP contribution is -2.34. The van der Waals surface area contributed by atoms with Crippen molar-refractivity contribution in [2.24, 2.45) is 23.0 Å². The van der Waals surface area contributed by atoms with E-state index < -0.39 is 17.2 Å². The van der Waals surface area contributed by atoms with E-state index >= 15 is 4.39 Å². The topological polar surface area (TPSA) is 99.6 Å². The van der Waals surface area contributed by atoms with Gasteiger partial charge < -0.3 is 14.8 Å². The summed E-state index contributed by atoms with van der Waals surface area (Å²) in [5, 5.41) is 2.97. The molecule has 0 saturated carbocycles. The molecule has 2 aliphatic rings. The molecule has 43 heavy (non-hydrogen) atoms. The number of nitrogens with zero attached hydrogens (tertiary/aromatic N) is 7. The van der Waals surface area contributed by atoms with Crippen molar-refractivity contribution in [2.45, 2.75) is 38.6 Å². The van der Waals surface area contributed by atoms with E-state index in [4.69, 9.17) is 16.8 Å². The van der Waals surface area contributed by atoms with E-state index in [1.165, 1.54) is 6.07 Å². The van der Waals surface area contributed by atoms with Gasteiger partial charge in [-0.25, -0.2) is 13.8 Å². The van der Waals surface area contributed by atoms with Gasteiger partial charge in [0.15, 0.2) is 17.3 Å². The van der Waals surface area contributed by atoms with Crippen LogP contribution in [0.2, 0.25) is 0 Å². The van der Waals surface area contributed by atoms with E-state index in [9.17, 15) is 9.59 Å². The van der Waals surface area contributed by atoms with Crippen molar-refractivity contribution in [2.75, 3.05) is 31.1 Å². The number of carbonyl (C=O) groups excluding carboxylic acids is 1. The molecule has 0 spiro atoms. The van der Waals surface area contributed by atoms with Gasteiger partial charge in [0.25, 0.3) is 5.91 Å². The number of imidazole rings is 1. The molecule has 0 aliphatic carbocycles. The number of rotatable bonds is 8. The normalized spacial score (nSPS) is 19.9. The first-order valence-corrected chi connectivity index (χ1v) is 14.9. The minimum atomic E-state index is -0.619. The highest BCUT2D eigenvalue weighted by atomic mass is 35.5. The Labute approximate surface area is 253 Å². The van der Waals surface area contributed by atoms with Crippen LogP contribution in [-0.2, 0) is 7.05 Å². The molecule has 5 heterocycles. The summed E-state index contributed by atoms with van der Waals surface area (Å²) in [4.78, 5) is 42.6. The molecule has 0 radical (unpaired) electrons. The lowest BCUT2D eigenvalue weighted by Gasteiger charge is -2.20. The minimum Gasteiger partial charge on any atom is -0.353 e. The van der Waals surface area contributed by atoms with Gasteiger partial charge in [-0.05, 0) is 69.3 Å². The molecule has 2 unspecified atom stereocenters. The molecule has 224 valence electrons. The van der Waals surface area contributed by atoms with Gasteiger partial charge in [-0.15, -0.1) is 0 Å². The van der Waals surface area contributed by atoms with Crippen LogP contribution in [0.25, 0.3) is 27.7 Å². The third kappa shape index (κ3) is 5.10. The number of benzene rings is 1. The Morgan fingerprint density at radius 1 is 1.26 bits per heavy atom. The highest BCUT2D eigenvalue weighted by molar-refractivity contribution is 6.13. The average molecular weight is 605 g/mol. The molecule has 2 fully saturated rings. The van der Waals surface area contributed by atoms with Crippen LogP contribution in [0, 0.1) is 11.7 Å². The number of aliphatic imine (C=N–C) groups is 2. The van der Waals surface area contributed by atoms with Gasteiger partial charge in [0, 0.05) is 57.6 Å². The summed E-state index contributed by atoms with van der Waals surface area (Å²) in [6, 6.07) is 8.99. The molecular weight excluding hydrogens is 571 g/mol. The van der Waals surface area contributed by atoms with Crippen molar-refractivity contribution >= 4 is 64.1 Å². The zero-order valence-corrected chi connectivity index (χ0v) is 25.0. The van der Waals surface area contributed by atoms with Crippen LogP contribution in [0.3, 0.4) is 0 Å². The predicted molar refractivity (Wildman–Crippen MR) is 170 cm³/mol. The zero-order chi connectivity index (χ0) is 30.2. The van der Waals surface area contributed by atoms with Gasteiger partial charge in [0.2, 0.25) is 5.43 Å². The Bertz CT molecular complexity index is 1860. The van der Waals surface area contributed by atoms with Gasteiger partial charge in [0.05, 0.1) is 22.1 Å². The number of fused-ring (bicyclic) bond motifs is 5. The lowest BCUT2D eigenvalue weighted by atomic mass is 10.1. The molecule has 1 amide bonds. The van der Waals surface area contributed by atoms with Crippen LogP contribution in [0.1, 0.15) is 43.0 Å². The number of aromatic nitrogens is 3. The Hall–Kier alpha value is -4.09. The summed E-state index contributed by atoms with van der Waals surface area (Å²) >= 11 is 6.27. The Morgan fingerprint density at radius 2 is 2.05 bits per heavy atom. The predicted octanol–water partition coefficient (Wildman–Crippen LogP) is 4.68. The van der Waals surface area contributed by atoms with Crippen molar-refractivity contribution < 1.29 is 9.18 Å². The van der Waals surface area contributed by atoms with E-state index in [0.29, 0.717) is 37.3 Å². The monoisotopic (exact) mass is 604 g/mol. The second-order valence-electron chi connectivity index (χ2n) is 11.1. The van der Waals surface area contributed by atoms with Crippen LogP contribution in [0.4, 0.5) is 10.2 Å². The number of para-hydroxylation sites is 2. The number of halogens is 2. The number of pyridine rings is 2. The molecule has 10 nitrogen and oxygen atoms in total. The number of nitrogens with one attached hydrogen (secondary N) is 1. The Morgan fingerprint density at radius 3 is 2.77 bits per heavy atom. The molecule has 0 bridgehead atoms. The number of hydrogen-bond acceptors (Lipinski definition) is 7. The van der Waals surface area contributed by atoms with Gasteiger partial charge >= 0.3 is 0 Å². The fourth-order valence-corrected chi connectivity index (χ4v) is 6.80. The second kappa shape index (κ2) is 11.9. The van der Waals surface area contributed by atoms with Gasteiger partial charge in [-0.2, -0.15) is 0 Å². The summed E-state index contributed by atoms with van der Waals surface area (Å²) in [5.41, 5.74) is 2.44. The number of amides is 1. The smallest absolute Gasteiger partial charge is 0.259 e. The maximum atomic E-state index is 15.8. The van der Waals surface area contributed by atoms with Crippen molar-refractivity contribution in [3.05, 3.63) is 63.8 Å². The van der Waals surface area contributed by atoms with Crippen molar-refractivity contribution in [3.8, 4) is 0 Å². The lowest BCUT2D eigenvalue weighted by molar-refractivity contribution is 0.0951. The molecular formula is C31H34ClFN8O2. The van der Waals surface area contributed by atoms with Crippen LogP contribution in [0.15, 0.2) is 57.0 Å². The fourth-order valence-electron chi connectivity index (χ4n) is 6.49. The first-order chi connectivity index (χ1) is 20.8. The minimum absolute atomic E-state index is 0.0279. The molecule has 6 rings (SSSR count). The summed E-state index contributed by atoms with van der Waals surface area (Å²) < 4.78 is 21.2. The highest BCUT2D eigenvalue weighted by Gasteiger charge is 2.31. The van der Waals surface area contributed by atoms with Crippen molar-refractivity contribution in [1.82, 2.24) is 23.7 Å². The second-order valence-corrected chi connectivity index (χ2v) is 11.5. The highest BCUT2D eigenvalue weighted by Crippen LogP contribution is 2.32. The number of aryl methyl sites for hydroxylation is 1. The first kappa shape index (κ1) is 29.0. The Balaban J connectivity index is 1.45. The third-order valence-electron chi connectivity index (χ3n) is 8.56. The van der Waals surface area contributed by atoms with E-state index in [0.717, 1.165) is 42.5 Å². The third-order valence-corrected chi connectivity index (χ3v) is 9.01. The SMILES string of the molecule is C=N/C=C(\N=CC)C1CCN(c2nc3c(cc2F)c(=O)c(C(=O)NCCC2CCCN2Cl)c2n(C)c4ccccc4n32)C1. The number of hydrogen-bond donors (Lipinski definition) is 1. The fraction of sp³-hybridized carbons (Fsp3) is 0.387. The summed E-state index contributed by atoms with van der Waals surface area (Å²) in [5.74, 6) is -0.943.